The van der Waals surface area contributed by atoms with Crippen molar-refractivity contribution in [1.29, 1.82) is 0 Å². The van der Waals surface area contributed by atoms with E-state index in [4.69, 9.17) is 0 Å². The molecule has 1 N–H and O–H groups in total. The number of hydrogen-bond acceptors (Lipinski definition) is 3. The molecule has 0 bridgehead atoms. The topological polar surface area (TPSA) is 42.7 Å². The number of aromatic nitrogens is 3. The summed E-state index contributed by atoms with van der Waals surface area (Å²) in [5.74, 6) is -0.323. The van der Waals surface area contributed by atoms with E-state index in [9.17, 15) is 4.39 Å². The maximum Gasteiger partial charge on any atom is 0.141 e. The van der Waals surface area contributed by atoms with E-state index in [-0.39, 0.29) is 11.9 Å². The van der Waals surface area contributed by atoms with Crippen LogP contribution in [0.2, 0.25) is 0 Å². The van der Waals surface area contributed by atoms with E-state index in [2.05, 4.69) is 29.2 Å². The fourth-order valence-electron chi connectivity index (χ4n) is 1.95. The Morgan fingerprint density at radius 2 is 2.11 bits per heavy atom. The van der Waals surface area contributed by atoms with Crippen LogP contribution in [-0.2, 0) is 6.54 Å². The molecule has 0 aliphatic heterocycles. The molecule has 2 rings (SSSR count). The highest BCUT2D eigenvalue weighted by Crippen LogP contribution is 2.20. The minimum absolute atomic E-state index is 0.0686. The molecule has 0 aliphatic rings. The Balaban J connectivity index is 2.32. The van der Waals surface area contributed by atoms with Crippen LogP contribution in [0, 0.1) is 5.82 Å². The van der Waals surface area contributed by atoms with Gasteiger partial charge < -0.3 is 5.32 Å². The van der Waals surface area contributed by atoms with Gasteiger partial charge in [0.05, 0.1) is 24.1 Å². The summed E-state index contributed by atoms with van der Waals surface area (Å²) in [7, 11) is 0. The van der Waals surface area contributed by atoms with Crippen molar-refractivity contribution in [3.63, 3.8) is 0 Å². The zero-order valence-corrected chi connectivity index (χ0v) is 11.5. The molecule has 102 valence electrons. The molecule has 19 heavy (non-hydrogen) atoms. The summed E-state index contributed by atoms with van der Waals surface area (Å²) in [6.07, 6.45) is 5.06. The van der Waals surface area contributed by atoms with Crippen molar-refractivity contribution in [1.82, 2.24) is 20.1 Å². The monoisotopic (exact) mass is 262 g/mol. The fourth-order valence-corrected chi connectivity index (χ4v) is 1.95. The number of pyridine rings is 1. The largest absolute Gasteiger partial charge is 0.303 e. The van der Waals surface area contributed by atoms with Gasteiger partial charge >= 0.3 is 0 Å². The van der Waals surface area contributed by atoms with Crippen LogP contribution in [0.3, 0.4) is 0 Å². The Labute approximate surface area is 112 Å². The molecule has 0 saturated carbocycles. The van der Waals surface area contributed by atoms with Gasteiger partial charge in [0.1, 0.15) is 5.82 Å². The third-order valence-corrected chi connectivity index (χ3v) is 2.86. The average Bonchev–Trinajstić information content (AvgIpc) is 2.85. The van der Waals surface area contributed by atoms with Gasteiger partial charge in [0.15, 0.2) is 0 Å². The molecule has 0 saturated heterocycles. The number of aryl methyl sites for hydroxylation is 1. The first-order chi connectivity index (χ1) is 9.10. The summed E-state index contributed by atoms with van der Waals surface area (Å²) in [5.41, 5.74) is 1.83. The average molecular weight is 262 g/mol. The lowest BCUT2D eigenvalue weighted by Gasteiger charge is -2.19. The van der Waals surface area contributed by atoms with Crippen LogP contribution >= 0.6 is 0 Å². The maximum atomic E-state index is 13.0. The van der Waals surface area contributed by atoms with Crippen LogP contribution in [-0.4, -0.2) is 20.8 Å². The lowest BCUT2D eigenvalue weighted by Crippen LogP contribution is -2.29. The zero-order valence-electron chi connectivity index (χ0n) is 11.5. The molecule has 5 heteroatoms. The summed E-state index contributed by atoms with van der Waals surface area (Å²) in [6, 6.07) is 3.36. The van der Waals surface area contributed by atoms with Crippen molar-refractivity contribution < 1.29 is 4.39 Å². The van der Waals surface area contributed by atoms with Crippen molar-refractivity contribution in [2.24, 2.45) is 0 Å². The second-order valence-electron chi connectivity index (χ2n) is 4.79. The Morgan fingerprint density at radius 1 is 1.32 bits per heavy atom. The highest BCUT2D eigenvalue weighted by Gasteiger charge is 2.18. The first-order valence-corrected chi connectivity index (χ1v) is 6.50. The summed E-state index contributed by atoms with van der Waals surface area (Å²) >= 11 is 0. The van der Waals surface area contributed by atoms with E-state index in [0.717, 1.165) is 17.8 Å². The van der Waals surface area contributed by atoms with E-state index in [1.807, 2.05) is 24.0 Å². The van der Waals surface area contributed by atoms with Crippen molar-refractivity contribution >= 4 is 0 Å². The number of hydrogen-bond donors (Lipinski definition) is 1. The normalized spacial score (nSPS) is 12.9. The number of nitrogens with zero attached hydrogens (tertiary/aromatic N) is 3. The van der Waals surface area contributed by atoms with Gasteiger partial charge in [-0.25, -0.2) is 4.39 Å². The second kappa shape index (κ2) is 5.93. The van der Waals surface area contributed by atoms with E-state index < -0.39 is 0 Å². The van der Waals surface area contributed by atoms with Crippen LogP contribution in [0.4, 0.5) is 4.39 Å². The minimum Gasteiger partial charge on any atom is -0.303 e. The van der Waals surface area contributed by atoms with Crippen LogP contribution < -0.4 is 5.32 Å². The van der Waals surface area contributed by atoms with Gasteiger partial charge in [0.25, 0.3) is 0 Å². The maximum absolute atomic E-state index is 13.0. The van der Waals surface area contributed by atoms with Gasteiger partial charge in [-0.2, -0.15) is 5.10 Å². The molecule has 4 nitrogen and oxygen atoms in total. The van der Waals surface area contributed by atoms with E-state index in [0.29, 0.717) is 6.04 Å². The molecular formula is C14H19FN4. The van der Waals surface area contributed by atoms with Crippen molar-refractivity contribution in [2.45, 2.75) is 39.4 Å². The smallest absolute Gasteiger partial charge is 0.141 e. The van der Waals surface area contributed by atoms with Crippen molar-refractivity contribution in [2.75, 3.05) is 0 Å². The van der Waals surface area contributed by atoms with Gasteiger partial charge in [-0.3, -0.25) is 9.67 Å². The standard InChI is InChI=1S/C14H19FN4/c1-4-19-9-11(7-17-19)14(18-10(2)3)13-6-5-12(15)8-16-13/h5-10,14,18H,4H2,1-3H3. The Kier molecular flexibility index (Phi) is 4.27. The van der Waals surface area contributed by atoms with Crippen LogP contribution in [0.1, 0.15) is 38.1 Å². The predicted molar refractivity (Wildman–Crippen MR) is 72.2 cm³/mol. The Hall–Kier alpha value is -1.75. The number of nitrogens with one attached hydrogen (secondary N) is 1. The van der Waals surface area contributed by atoms with Crippen LogP contribution in [0.5, 0.6) is 0 Å². The molecule has 0 aliphatic carbocycles. The molecule has 0 amide bonds. The Morgan fingerprint density at radius 3 is 2.63 bits per heavy atom. The van der Waals surface area contributed by atoms with Crippen molar-refractivity contribution in [3.8, 4) is 0 Å². The van der Waals surface area contributed by atoms with Crippen LogP contribution in [0.25, 0.3) is 0 Å². The first-order valence-electron chi connectivity index (χ1n) is 6.50. The van der Waals surface area contributed by atoms with Gasteiger partial charge in [0, 0.05) is 24.3 Å². The molecule has 0 fully saturated rings. The molecule has 0 radical (unpaired) electrons. The fraction of sp³-hybridized carbons (Fsp3) is 0.429. The lowest BCUT2D eigenvalue weighted by atomic mass is 10.1. The minimum atomic E-state index is -0.323. The lowest BCUT2D eigenvalue weighted by molar-refractivity contribution is 0.517. The first kappa shape index (κ1) is 13.7. The van der Waals surface area contributed by atoms with E-state index in [1.165, 1.54) is 12.3 Å². The summed E-state index contributed by atoms with van der Waals surface area (Å²) in [4.78, 5) is 4.17. The summed E-state index contributed by atoms with van der Waals surface area (Å²) < 4.78 is 14.8. The van der Waals surface area contributed by atoms with Gasteiger partial charge in [-0.05, 0) is 32.9 Å². The Bertz CT molecular complexity index is 518. The summed E-state index contributed by atoms with van der Waals surface area (Å²) in [5, 5.41) is 7.71. The second-order valence-corrected chi connectivity index (χ2v) is 4.79. The van der Waals surface area contributed by atoms with Crippen molar-refractivity contribution in [3.05, 3.63) is 47.8 Å². The quantitative estimate of drug-likeness (QED) is 0.900. The molecule has 1 atom stereocenters. The molecule has 2 aromatic rings. The molecule has 2 heterocycles. The molecule has 0 spiro atoms. The highest BCUT2D eigenvalue weighted by molar-refractivity contribution is 5.24. The molecular weight excluding hydrogens is 243 g/mol. The highest BCUT2D eigenvalue weighted by atomic mass is 19.1. The van der Waals surface area contributed by atoms with E-state index >= 15 is 0 Å². The SMILES string of the molecule is CCn1cc(C(NC(C)C)c2ccc(F)cn2)cn1. The van der Waals surface area contributed by atoms with Gasteiger partial charge in [-0.1, -0.05) is 0 Å². The molecule has 0 aromatic carbocycles. The number of halogens is 1. The molecule has 2 aromatic heterocycles. The summed E-state index contributed by atoms with van der Waals surface area (Å²) in [6.45, 7) is 7.00. The van der Waals surface area contributed by atoms with Gasteiger partial charge in [-0.15, -0.1) is 0 Å². The van der Waals surface area contributed by atoms with Crippen LogP contribution in [0.15, 0.2) is 30.7 Å². The third kappa shape index (κ3) is 3.38. The third-order valence-electron chi connectivity index (χ3n) is 2.86. The molecule has 1 unspecified atom stereocenters. The number of rotatable bonds is 5. The van der Waals surface area contributed by atoms with Gasteiger partial charge in [0.2, 0.25) is 0 Å². The zero-order chi connectivity index (χ0) is 13.8. The predicted octanol–water partition coefficient (Wildman–Crippen LogP) is 2.52. The van der Waals surface area contributed by atoms with E-state index in [1.54, 1.807) is 6.07 Å².